The lowest BCUT2D eigenvalue weighted by Gasteiger charge is -2.17. The topological polar surface area (TPSA) is 36.1 Å². The van der Waals surface area contributed by atoms with Crippen LogP contribution in [0.2, 0.25) is 5.02 Å². The van der Waals surface area contributed by atoms with Gasteiger partial charge in [-0.15, -0.1) is 0 Å². The Morgan fingerprint density at radius 1 is 1.09 bits per heavy atom. The number of aromatic nitrogens is 1. The van der Waals surface area contributed by atoms with Crippen LogP contribution in [0, 0.1) is 5.82 Å². The van der Waals surface area contributed by atoms with Gasteiger partial charge in [0.05, 0.1) is 0 Å². The molecule has 0 atom stereocenters. The lowest BCUT2D eigenvalue weighted by Crippen LogP contribution is -2.19. The molecule has 3 rings (SSSR count). The predicted octanol–water partition coefficient (Wildman–Crippen LogP) is 3.95. The minimum absolute atomic E-state index is 0.0496. The Balaban J connectivity index is 1.79. The van der Waals surface area contributed by atoms with Crippen molar-refractivity contribution in [3.05, 3.63) is 80.9 Å². The van der Waals surface area contributed by atoms with Gasteiger partial charge in [0, 0.05) is 40.8 Å². The van der Waals surface area contributed by atoms with Gasteiger partial charge in [-0.3, -0.25) is 9.69 Å². The largest absolute Gasteiger partial charge is 0.357 e. The summed E-state index contributed by atoms with van der Waals surface area (Å²) < 4.78 is 12.9. The van der Waals surface area contributed by atoms with Crippen LogP contribution >= 0.6 is 11.6 Å². The molecule has 0 spiro atoms. The molecule has 2 aromatic carbocycles. The van der Waals surface area contributed by atoms with Crippen LogP contribution in [0.15, 0.2) is 53.3 Å². The quantitative estimate of drug-likeness (QED) is 0.786. The molecule has 1 aromatic heterocycles. The molecule has 5 heteroatoms. The number of aromatic amines is 1. The second-order valence-corrected chi connectivity index (χ2v) is 6.08. The van der Waals surface area contributed by atoms with Crippen molar-refractivity contribution in [2.24, 2.45) is 0 Å². The number of hydrogen-bond donors (Lipinski definition) is 1. The van der Waals surface area contributed by atoms with Crippen LogP contribution in [0.1, 0.15) is 11.3 Å². The fraction of sp³-hybridized carbons (Fsp3) is 0.167. The number of pyridine rings is 1. The lowest BCUT2D eigenvalue weighted by atomic mass is 10.2. The Kier molecular flexibility index (Phi) is 4.46. The fourth-order valence-corrected chi connectivity index (χ4v) is 2.78. The Hall–Kier alpha value is -2.17. The van der Waals surface area contributed by atoms with Crippen molar-refractivity contribution < 1.29 is 4.39 Å². The molecule has 0 amide bonds. The van der Waals surface area contributed by atoms with Crippen molar-refractivity contribution in [1.82, 2.24) is 9.88 Å². The van der Waals surface area contributed by atoms with E-state index in [0.717, 1.165) is 16.8 Å². The van der Waals surface area contributed by atoms with Crippen molar-refractivity contribution in [1.29, 1.82) is 0 Å². The maximum absolute atomic E-state index is 12.9. The van der Waals surface area contributed by atoms with E-state index in [1.54, 1.807) is 30.3 Å². The van der Waals surface area contributed by atoms with Crippen molar-refractivity contribution in [3.63, 3.8) is 0 Å². The second-order valence-electron chi connectivity index (χ2n) is 5.65. The van der Waals surface area contributed by atoms with Gasteiger partial charge in [0.1, 0.15) is 5.82 Å². The molecular weight excluding hydrogens is 315 g/mol. The normalized spacial score (nSPS) is 11.3. The predicted molar refractivity (Wildman–Crippen MR) is 91.1 cm³/mol. The molecule has 0 saturated heterocycles. The summed E-state index contributed by atoms with van der Waals surface area (Å²) in [6.07, 6.45) is 0. The van der Waals surface area contributed by atoms with E-state index in [-0.39, 0.29) is 11.2 Å². The third kappa shape index (κ3) is 3.78. The number of fused-ring (bicyclic) bond motifs is 1. The number of benzene rings is 2. The van der Waals surface area contributed by atoms with Crippen LogP contribution in [-0.2, 0) is 13.1 Å². The molecular formula is C18H16ClFN2O. The van der Waals surface area contributed by atoms with Gasteiger partial charge >= 0.3 is 0 Å². The molecule has 0 bridgehead atoms. The second kappa shape index (κ2) is 6.52. The van der Waals surface area contributed by atoms with Gasteiger partial charge in [0.15, 0.2) is 5.43 Å². The van der Waals surface area contributed by atoms with E-state index in [1.165, 1.54) is 12.1 Å². The molecule has 0 aliphatic rings. The monoisotopic (exact) mass is 330 g/mol. The maximum Gasteiger partial charge on any atom is 0.189 e. The van der Waals surface area contributed by atoms with Gasteiger partial charge in [-0.2, -0.15) is 0 Å². The summed E-state index contributed by atoms with van der Waals surface area (Å²) in [5.74, 6) is -0.242. The molecule has 3 nitrogen and oxygen atoms in total. The van der Waals surface area contributed by atoms with Crippen molar-refractivity contribution >= 4 is 22.5 Å². The molecule has 0 aliphatic heterocycles. The summed E-state index contributed by atoms with van der Waals surface area (Å²) in [6, 6.07) is 13.2. The van der Waals surface area contributed by atoms with Gasteiger partial charge < -0.3 is 4.98 Å². The van der Waals surface area contributed by atoms with Gasteiger partial charge in [0.2, 0.25) is 0 Å². The van der Waals surface area contributed by atoms with Crippen molar-refractivity contribution in [3.8, 4) is 0 Å². The molecule has 1 N–H and O–H groups in total. The summed E-state index contributed by atoms with van der Waals surface area (Å²) in [5.41, 5.74) is 2.57. The van der Waals surface area contributed by atoms with Crippen LogP contribution in [0.25, 0.3) is 10.9 Å². The SMILES string of the molecule is CN(Cc1ccc(F)cc1)Cc1cc(=O)c2cc(Cl)ccc2[nH]1. The van der Waals surface area contributed by atoms with E-state index in [4.69, 9.17) is 11.6 Å². The molecule has 0 unspecified atom stereocenters. The van der Waals surface area contributed by atoms with E-state index < -0.39 is 0 Å². The van der Waals surface area contributed by atoms with Gasteiger partial charge in [-0.05, 0) is 42.9 Å². The van der Waals surface area contributed by atoms with Crippen LogP contribution < -0.4 is 5.43 Å². The summed E-state index contributed by atoms with van der Waals surface area (Å²) >= 11 is 5.93. The van der Waals surface area contributed by atoms with Crippen molar-refractivity contribution in [2.45, 2.75) is 13.1 Å². The molecule has 118 valence electrons. The molecule has 0 radical (unpaired) electrons. The minimum atomic E-state index is -0.242. The molecule has 0 aliphatic carbocycles. The fourth-order valence-electron chi connectivity index (χ4n) is 2.61. The highest BCUT2D eigenvalue weighted by molar-refractivity contribution is 6.31. The number of nitrogens with one attached hydrogen (secondary N) is 1. The van der Waals surface area contributed by atoms with E-state index in [1.807, 2.05) is 13.1 Å². The molecule has 3 aromatic rings. The molecule has 23 heavy (non-hydrogen) atoms. The number of halogens is 2. The molecule has 1 heterocycles. The highest BCUT2D eigenvalue weighted by atomic mass is 35.5. The number of hydrogen-bond acceptors (Lipinski definition) is 2. The Morgan fingerprint density at radius 2 is 1.83 bits per heavy atom. The first-order chi connectivity index (χ1) is 11.0. The van der Waals surface area contributed by atoms with Gasteiger partial charge in [0.25, 0.3) is 0 Å². The van der Waals surface area contributed by atoms with Crippen LogP contribution in [-0.4, -0.2) is 16.9 Å². The Labute approximate surface area is 138 Å². The summed E-state index contributed by atoms with van der Waals surface area (Å²) in [5, 5.41) is 1.13. The number of rotatable bonds is 4. The first-order valence-corrected chi connectivity index (χ1v) is 7.63. The maximum atomic E-state index is 12.9. The van der Waals surface area contributed by atoms with Crippen LogP contribution in [0.3, 0.4) is 0 Å². The zero-order valence-electron chi connectivity index (χ0n) is 12.6. The first kappa shape index (κ1) is 15.7. The summed E-state index contributed by atoms with van der Waals surface area (Å²) in [6.45, 7) is 1.26. The van der Waals surface area contributed by atoms with Gasteiger partial charge in [-0.1, -0.05) is 23.7 Å². The van der Waals surface area contributed by atoms with E-state index >= 15 is 0 Å². The standard InChI is InChI=1S/C18H16ClFN2O/c1-22(10-12-2-5-14(20)6-3-12)11-15-9-18(23)16-8-13(19)4-7-17(16)21-15/h2-9H,10-11H2,1H3,(H,21,23). The highest BCUT2D eigenvalue weighted by Gasteiger charge is 2.06. The van der Waals surface area contributed by atoms with Crippen LogP contribution in [0.4, 0.5) is 4.39 Å². The van der Waals surface area contributed by atoms with E-state index in [0.29, 0.717) is 23.5 Å². The summed E-state index contributed by atoms with van der Waals surface area (Å²) in [4.78, 5) is 17.5. The summed E-state index contributed by atoms with van der Waals surface area (Å²) in [7, 11) is 1.95. The molecule has 0 fully saturated rings. The highest BCUT2D eigenvalue weighted by Crippen LogP contribution is 2.16. The average molecular weight is 331 g/mol. The average Bonchev–Trinajstić information content (AvgIpc) is 2.50. The minimum Gasteiger partial charge on any atom is -0.357 e. The number of H-pyrrole nitrogens is 1. The van der Waals surface area contributed by atoms with E-state index in [2.05, 4.69) is 9.88 Å². The van der Waals surface area contributed by atoms with Crippen molar-refractivity contribution in [2.75, 3.05) is 7.05 Å². The third-order valence-electron chi connectivity index (χ3n) is 3.65. The smallest absolute Gasteiger partial charge is 0.189 e. The van der Waals surface area contributed by atoms with E-state index in [9.17, 15) is 9.18 Å². The zero-order valence-corrected chi connectivity index (χ0v) is 13.4. The Bertz CT molecular complexity index is 890. The van der Waals surface area contributed by atoms with Crippen LogP contribution in [0.5, 0.6) is 0 Å². The first-order valence-electron chi connectivity index (χ1n) is 7.26. The third-order valence-corrected chi connectivity index (χ3v) is 3.89. The zero-order chi connectivity index (χ0) is 16.4. The lowest BCUT2D eigenvalue weighted by molar-refractivity contribution is 0.315. The number of nitrogens with zero attached hydrogens (tertiary/aromatic N) is 1. The molecule has 0 saturated carbocycles. The Morgan fingerprint density at radius 3 is 2.57 bits per heavy atom. The van der Waals surface area contributed by atoms with Gasteiger partial charge in [-0.25, -0.2) is 4.39 Å².